The molecule has 1 saturated heterocycles. The van der Waals surface area contributed by atoms with Gasteiger partial charge in [0, 0.05) is 45.0 Å². The molecule has 0 unspecified atom stereocenters. The van der Waals surface area contributed by atoms with E-state index in [-0.39, 0.29) is 11.2 Å². The minimum absolute atomic E-state index is 0.230. The average Bonchev–Trinajstić information content (AvgIpc) is 2.57. The van der Waals surface area contributed by atoms with Gasteiger partial charge < -0.3 is 14.9 Å². The summed E-state index contributed by atoms with van der Waals surface area (Å²) in [5.74, 6) is -3.65. The predicted octanol–water partition coefficient (Wildman–Crippen LogP) is -1.27. The highest BCUT2D eigenvalue weighted by Crippen LogP contribution is 2.00. The lowest BCUT2D eigenvalue weighted by Crippen LogP contribution is -2.40. The van der Waals surface area contributed by atoms with Gasteiger partial charge in [-0.15, -0.1) is 0 Å². The molecule has 1 aliphatic heterocycles. The molecule has 10 heteroatoms. The number of hydrogen-bond donors (Lipinski definition) is 2. The van der Waals surface area contributed by atoms with E-state index in [2.05, 4.69) is 4.90 Å². The normalized spacial score (nSPS) is 14.5. The smallest absolute Gasteiger partial charge is 0.414 e. The Morgan fingerprint density at radius 3 is 2.20 bits per heavy atom. The molecule has 2 N–H and O–H groups in total. The van der Waals surface area contributed by atoms with Crippen molar-refractivity contribution < 1.29 is 24.5 Å². The van der Waals surface area contributed by atoms with Crippen LogP contribution in [0.1, 0.15) is 12.1 Å². The fraction of sp³-hybridized carbons (Fsp3) is 0.600. The van der Waals surface area contributed by atoms with Crippen LogP contribution >= 0.6 is 0 Å². The largest absolute Gasteiger partial charge is 0.473 e. The Hall–Kier alpha value is -2.46. The van der Waals surface area contributed by atoms with E-state index in [4.69, 9.17) is 24.5 Å². The number of carboxylic acid groups (broad SMARTS) is 2. The van der Waals surface area contributed by atoms with Crippen molar-refractivity contribution in [3.8, 4) is 0 Å². The van der Waals surface area contributed by atoms with Crippen molar-refractivity contribution in [2.45, 2.75) is 19.9 Å². The van der Waals surface area contributed by atoms with Crippen LogP contribution in [0.4, 0.5) is 0 Å². The molecule has 1 aromatic rings. The maximum Gasteiger partial charge on any atom is 0.414 e. The topological polar surface area (TPSA) is 131 Å². The van der Waals surface area contributed by atoms with Crippen LogP contribution in [0, 0.1) is 6.92 Å². The second-order valence-corrected chi connectivity index (χ2v) is 5.54. The van der Waals surface area contributed by atoms with Gasteiger partial charge in [0.25, 0.3) is 5.56 Å². The fourth-order valence-corrected chi connectivity index (χ4v) is 2.33. The van der Waals surface area contributed by atoms with Gasteiger partial charge in [-0.1, -0.05) is 0 Å². The number of aliphatic carboxylic acids is 2. The lowest BCUT2D eigenvalue weighted by molar-refractivity contribution is -0.159. The van der Waals surface area contributed by atoms with Crippen LogP contribution in [-0.2, 0) is 27.9 Å². The highest BCUT2D eigenvalue weighted by atomic mass is 16.5. The van der Waals surface area contributed by atoms with Crippen molar-refractivity contribution in [2.24, 2.45) is 7.05 Å². The number of carbonyl (C=O) groups is 2. The molecular weight excluding hydrogens is 334 g/mol. The van der Waals surface area contributed by atoms with E-state index in [1.807, 2.05) is 0 Å². The zero-order valence-corrected chi connectivity index (χ0v) is 14.3. The van der Waals surface area contributed by atoms with E-state index < -0.39 is 11.9 Å². The molecule has 1 aromatic heterocycles. The van der Waals surface area contributed by atoms with Gasteiger partial charge in [-0.05, 0) is 13.3 Å². The second-order valence-electron chi connectivity index (χ2n) is 5.54. The molecule has 0 bridgehead atoms. The highest BCUT2D eigenvalue weighted by Gasteiger charge is 2.11. The first-order chi connectivity index (χ1) is 11.7. The minimum Gasteiger partial charge on any atom is -0.473 e. The van der Waals surface area contributed by atoms with Crippen LogP contribution in [0.25, 0.3) is 0 Å². The van der Waals surface area contributed by atoms with Crippen molar-refractivity contribution in [1.82, 2.24) is 14.0 Å². The Bertz CT molecular complexity index is 705. The molecule has 140 valence electrons. The Kier molecular flexibility index (Phi) is 8.02. The standard InChI is InChI=1S/C13H21N3O3.C2H2O4/c1-11-10-12(17)14(2)13(18)16(11)5-3-4-15-6-8-19-9-7-15;3-1(4)2(5)6/h10H,3-9H2,1-2H3;(H,3,4)(H,5,6). The molecule has 1 aliphatic rings. The van der Waals surface area contributed by atoms with Crippen LogP contribution in [0.5, 0.6) is 0 Å². The lowest BCUT2D eigenvalue weighted by atomic mass is 10.3. The van der Waals surface area contributed by atoms with Crippen molar-refractivity contribution >= 4 is 11.9 Å². The summed E-state index contributed by atoms with van der Waals surface area (Å²) in [6.45, 7) is 6.91. The molecule has 0 atom stereocenters. The molecule has 10 nitrogen and oxygen atoms in total. The maximum absolute atomic E-state index is 12.0. The average molecular weight is 357 g/mol. The van der Waals surface area contributed by atoms with E-state index in [0.717, 1.165) is 49.5 Å². The molecule has 25 heavy (non-hydrogen) atoms. The third-order valence-electron chi connectivity index (χ3n) is 3.75. The number of ether oxygens (including phenoxy) is 1. The molecule has 2 rings (SSSR count). The van der Waals surface area contributed by atoms with Crippen LogP contribution in [-0.4, -0.2) is 69.0 Å². The lowest BCUT2D eigenvalue weighted by Gasteiger charge is -2.26. The number of morpholine rings is 1. The molecule has 0 aromatic carbocycles. The van der Waals surface area contributed by atoms with Gasteiger partial charge in [0.15, 0.2) is 0 Å². The van der Waals surface area contributed by atoms with Gasteiger partial charge in [0.05, 0.1) is 13.2 Å². The molecule has 0 aliphatic carbocycles. The third-order valence-corrected chi connectivity index (χ3v) is 3.75. The summed E-state index contributed by atoms with van der Waals surface area (Å²) < 4.78 is 8.12. The first-order valence-electron chi connectivity index (χ1n) is 7.77. The zero-order valence-electron chi connectivity index (χ0n) is 14.3. The fourth-order valence-electron chi connectivity index (χ4n) is 2.33. The third kappa shape index (κ3) is 6.51. The number of rotatable bonds is 4. The summed E-state index contributed by atoms with van der Waals surface area (Å²) in [4.78, 5) is 44.0. The van der Waals surface area contributed by atoms with Gasteiger partial charge >= 0.3 is 17.6 Å². The monoisotopic (exact) mass is 357 g/mol. The van der Waals surface area contributed by atoms with Crippen LogP contribution in [0.15, 0.2) is 15.7 Å². The first kappa shape index (κ1) is 20.6. The summed E-state index contributed by atoms with van der Waals surface area (Å²) in [6.07, 6.45) is 0.902. The number of aromatic nitrogens is 2. The van der Waals surface area contributed by atoms with Gasteiger partial charge in [-0.2, -0.15) is 0 Å². The Labute approximate surface area is 143 Å². The number of aryl methyl sites for hydroxylation is 1. The summed E-state index contributed by atoms with van der Waals surface area (Å²) in [5, 5.41) is 14.8. The van der Waals surface area contributed by atoms with Crippen molar-refractivity contribution in [3.05, 3.63) is 32.6 Å². The van der Waals surface area contributed by atoms with Gasteiger partial charge in [-0.3, -0.25) is 18.8 Å². The van der Waals surface area contributed by atoms with Crippen molar-refractivity contribution in [1.29, 1.82) is 0 Å². The first-order valence-corrected chi connectivity index (χ1v) is 7.77. The zero-order chi connectivity index (χ0) is 19.0. The van der Waals surface area contributed by atoms with Crippen molar-refractivity contribution in [3.63, 3.8) is 0 Å². The summed E-state index contributed by atoms with van der Waals surface area (Å²) >= 11 is 0. The van der Waals surface area contributed by atoms with Gasteiger partial charge in [0.1, 0.15) is 0 Å². The van der Waals surface area contributed by atoms with Crippen LogP contribution in [0.3, 0.4) is 0 Å². The van der Waals surface area contributed by atoms with Crippen LogP contribution in [0.2, 0.25) is 0 Å². The quantitative estimate of drug-likeness (QED) is 0.638. The van der Waals surface area contributed by atoms with E-state index in [0.29, 0.717) is 6.54 Å². The van der Waals surface area contributed by atoms with E-state index in [1.54, 1.807) is 11.5 Å². The summed E-state index contributed by atoms with van der Waals surface area (Å²) in [7, 11) is 1.52. The molecule has 0 spiro atoms. The molecular formula is C15H23N3O7. The van der Waals surface area contributed by atoms with E-state index >= 15 is 0 Å². The summed E-state index contributed by atoms with van der Waals surface area (Å²) in [5.41, 5.74) is 0.258. The Balaban J connectivity index is 0.000000450. The SMILES string of the molecule is Cc1cc(=O)n(C)c(=O)n1CCCN1CCOCC1.O=C(O)C(=O)O. The number of hydrogen-bond acceptors (Lipinski definition) is 6. The maximum atomic E-state index is 12.0. The number of nitrogens with zero attached hydrogens (tertiary/aromatic N) is 3. The van der Waals surface area contributed by atoms with Crippen molar-refractivity contribution in [2.75, 3.05) is 32.8 Å². The Morgan fingerprint density at radius 1 is 1.12 bits per heavy atom. The summed E-state index contributed by atoms with van der Waals surface area (Å²) in [6, 6.07) is 1.51. The molecule has 0 saturated carbocycles. The predicted molar refractivity (Wildman–Crippen MR) is 87.8 cm³/mol. The second kappa shape index (κ2) is 9.74. The van der Waals surface area contributed by atoms with Crippen LogP contribution < -0.4 is 11.2 Å². The van der Waals surface area contributed by atoms with Gasteiger partial charge in [-0.25, -0.2) is 14.4 Å². The molecule has 2 heterocycles. The molecule has 0 radical (unpaired) electrons. The van der Waals surface area contributed by atoms with Gasteiger partial charge in [0.2, 0.25) is 0 Å². The molecule has 0 amide bonds. The number of carboxylic acids is 2. The highest BCUT2D eigenvalue weighted by molar-refractivity contribution is 6.27. The Morgan fingerprint density at radius 2 is 1.68 bits per heavy atom. The van der Waals surface area contributed by atoms with E-state index in [1.165, 1.54) is 13.1 Å². The minimum atomic E-state index is -1.82. The van der Waals surface area contributed by atoms with E-state index in [9.17, 15) is 9.59 Å². The molecule has 1 fully saturated rings.